The van der Waals surface area contributed by atoms with Crippen LogP contribution in [0.1, 0.15) is 44.0 Å². The summed E-state index contributed by atoms with van der Waals surface area (Å²) in [7, 11) is -3.56. The molecule has 2 aromatic carbocycles. The number of thiazole rings is 1. The summed E-state index contributed by atoms with van der Waals surface area (Å²) in [4.78, 5) is 18.0. The Morgan fingerprint density at radius 2 is 1.94 bits per heavy atom. The molecule has 1 amide bonds. The van der Waals surface area contributed by atoms with Gasteiger partial charge in [-0.15, -0.1) is 0 Å². The Balaban J connectivity index is 1.61. The maximum Gasteiger partial charge on any atom is 0.279 e. The number of ether oxygens (including phenoxy) is 1. The van der Waals surface area contributed by atoms with Crippen LogP contribution in [0.2, 0.25) is 0 Å². The quantitative estimate of drug-likeness (QED) is 0.520. The average molecular weight is 488 g/mol. The maximum absolute atomic E-state index is 13.0. The molecule has 1 aliphatic heterocycles. The highest BCUT2D eigenvalue weighted by molar-refractivity contribution is 7.89. The largest absolute Gasteiger partial charge is 0.494 e. The van der Waals surface area contributed by atoms with Crippen LogP contribution in [-0.2, 0) is 16.6 Å². The number of fused-ring (bicyclic) bond motifs is 1. The van der Waals surface area contributed by atoms with Crippen LogP contribution in [0.3, 0.4) is 0 Å². The van der Waals surface area contributed by atoms with Gasteiger partial charge in [0.25, 0.3) is 5.91 Å². The van der Waals surface area contributed by atoms with Crippen LogP contribution in [0, 0.1) is 5.92 Å². The number of carbonyl (C=O) groups excluding carboxylic acids is 1. The van der Waals surface area contributed by atoms with Crippen molar-refractivity contribution < 1.29 is 17.9 Å². The Bertz CT molecular complexity index is 1320. The molecule has 1 aliphatic rings. The number of hydrogen-bond acceptors (Lipinski definition) is 5. The van der Waals surface area contributed by atoms with Gasteiger partial charge >= 0.3 is 0 Å². The number of aromatic nitrogens is 1. The predicted molar refractivity (Wildman–Crippen MR) is 130 cm³/mol. The van der Waals surface area contributed by atoms with Gasteiger partial charge in [0.2, 0.25) is 10.0 Å². The molecule has 1 fully saturated rings. The Labute approximate surface area is 198 Å². The van der Waals surface area contributed by atoms with Crippen LogP contribution >= 0.6 is 11.3 Å². The van der Waals surface area contributed by atoms with Crippen LogP contribution in [0.4, 0.5) is 0 Å². The second-order valence-electron chi connectivity index (χ2n) is 8.24. The van der Waals surface area contributed by atoms with E-state index in [0.717, 1.165) is 28.8 Å². The van der Waals surface area contributed by atoms with E-state index in [1.54, 1.807) is 16.4 Å². The number of benzene rings is 2. The van der Waals surface area contributed by atoms with Crippen molar-refractivity contribution in [2.45, 2.75) is 45.1 Å². The van der Waals surface area contributed by atoms with E-state index >= 15 is 0 Å². The van der Waals surface area contributed by atoms with Crippen LogP contribution in [0.25, 0.3) is 10.2 Å². The molecule has 0 saturated carbocycles. The fourth-order valence-electron chi connectivity index (χ4n) is 4.14. The van der Waals surface area contributed by atoms with Gasteiger partial charge < -0.3 is 9.30 Å². The molecule has 4 rings (SSSR count). The van der Waals surface area contributed by atoms with Gasteiger partial charge in [-0.3, -0.25) is 4.79 Å². The summed E-state index contributed by atoms with van der Waals surface area (Å²) in [5.41, 5.74) is 1.35. The monoisotopic (exact) mass is 487 g/mol. The Kier molecular flexibility index (Phi) is 7.02. The number of piperidine rings is 1. The molecule has 0 unspecified atom stereocenters. The van der Waals surface area contributed by atoms with Crippen molar-refractivity contribution in [2.75, 3.05) is 19.7 Å². The smallest absolute Gasteiger partial charge is 0.279 e. The van der Waals surface area contributed by atoms with E-state index in [2.05, 4.69) is 11.9 Å². The summed E-state index contributed by atoms with van der Waals surface area (Å²) < 4.78 is 36.0. The second kappa shape index (κ2) is 9.79. The molecule has 7 nitrogen and oxygen atoms in total. The van der Waals surface area contributed by atoms with E-state index in [0.29, 0.717) is 42.5 Å². The van der Waals surface area contributed by atoms with Crippen molar-refractivity contribution >= 4 is 37.5 Å². The van der Waals surface area contributed by atoms with Crippen LogP contribution in [0.5, 0.6) is 5.75 Å². The zero-order chi connectivity index (χ0) is 23.6. The lowest BCUT2D eigenvalue weighted by Gasteiger charge is -2.30. The predicted octanol–water partition coefficient (Wildman–Crippen LogP) is 4.28. The van der Waals surface area contributed by atoms with Gasteiger partial charge in [0.15, 0.2) is 4.80 Å². The van der Waals surface area contributed by atoms with Gasteiger partial charge in [-0.1, -0.05) is 18.3 Å². The molecule has 1 saturated heterocycles. The SMILES string of the molecule is CCOc1ccc2c(c1)sc(=NC(=O)c1ccc(S(=O)(=O)N3CCC[C@H](C)C3)cc1)n2CC. The van der Waals surface area contributed by atoms with E-state index in [4.69, 9.17) is 4.74 Å². The van der Waals surface area contributed by atoms with Crippen molar-refractivity contribution in [3.05, 3.63) is 52.8 Å². The molecule has 0 spiro atoms. The molecule has 2 heterocycles. The minimum absolute atomic E-state index is 0.210. The lowest BCUT2D eigenvalue weighted by molar-refractivity contribution is 0.0997. The molecule has 9 heteroatoms. The fourth-order valence-corrected chi connectivity index (χ4v) is 6.85. The first-order valence-corrected chi connectivity index (χ1v) is 13.5. The van der Waals surface area contributed by atoms with Gasteiger partial charge in [-0.2, -0.15) is 9.30 Å². The van der Waals surface area contributed by atoms with E-state index in [1.165, 1.54) is 23.5 Å². The molecular weight excluding hydrogens is 458 g/mol. The average Bonchev–Trinajstić information content (AvgIpc) is 3.15. The third-order valence-electron chi connectivity index (χ3n) is 5.84. The first-order valence-electron chi connectivity index (χ1n) is 11.3. The summed E-state index contributed by atoms with van der Waals surface area (Å²) in [6.07, 6.45) is 1.91. The van der Waals surface area contributed by atoms with Crippen molar-refractivity contribution in [3.8, 4) is 5.75 Å². The molecule has 3 aromatic rings. The van der Waals surface area contributed by atoms with Crippen molar-refractivity contribution in [1.82, 2.24) is 8.87 Å². The zero-order valence-corrected chi connectivity index (χ0v) is 20.8. The van der Waals surface area contributed by atoms with Crippen molar-refractivity contribution in [3.63, 3.8) is 0 Å². The summed E-state index contributed by atoms with van der Waals surface area (Å²) in [6, 6.07) is 11.9. The second-order valence-corrected chi connectivity index (χ2v) is 11.2. The van der Waals surface area contributed by atoms with Gasteiger partial charge in [0.1, 0.15) is 5.75 Å². The normalized spacial score (nSPS) is 18.0. The number of sulfonamides is 1. The molecule has 33 heavy (non-hydrogen) atoms. The lowest BCUT2D eigenvalue weighted by atomic mass is 10.0. The van der Waals surface area contributed by atoms with Gasteiger partial charge in [-0.25, -0.2) is 8.42 Å². The van der Waals surface area contributed by atoms with E-state index in [9.17, 15) is 13.2 Å². The molecule has 0 radical (unpaired) electrons. The number of nitrogens with zero attached hydrogens (tertiary/aromatic N) is 3. The van der Waals surface area contributed by atoms with Crippen LogP contribution in [-0.4, -0.2) is 42.9 Å². The summed E-state index contributed by atoms with van der Waals surface area (Å²) in [6.45, 7) is 8.34. The van der Waals surface area contributed by atoms with Crippen molar-refractivity contribution in [2.24, 2.45) is 10.9 Å². The third kappa shape index (κ3) is 4.90. The number of rotatable bonds is 6. The van der Waals surface area contributed by atoms with Crippen molar-refractivity contribution in [1.29, 1.82) is 0 Å². The molecule has 0 aliphatic carbocycles. The van der Waals surface area contributed by atoms with Gasteiger partial charge in [0.05, 0.1) is 21.7 Å². The van der Waals surface area contributed by atoms with E-state index in [-0.39, 0.29) is 4.90 Å². The molecule has 0 N–H and O–H groups in total. The summed E-state index contributed by atoms with van der Waals surface area (Å²) in [5.74, 6) is 0.737. The lowest BCUT2D eigenvalue weighted by Crippen LogP contribution is -2.39. The minimum atomic E-state index is -3.56. The highest BCUT2D eigenvalue weighted by Gasteiger charge is 2.28. The van der Waals surface area contributed by atoms with E-state index < -0.39 is 15.9 Å². The number of hydrogen-bond donors (Lipinski definition) is 0. The topological polar surface area (TPSA) is 81.0 Å². The molecule has 0 bridgehead atoms. The first kappa shape index (κ1) is 23.7. The number of carbonyl (C=O) groups is 1. The molecular formula is C24H29N3O4S2. The highest BCUT2D eigenvalue weighted by atomic mass is 32.2. The summed E-state index contributed by atoms with van der Waals surface area (Å²) in [5, 5.41) is 0. The fraction of sp³-hybridized carbons (Fsp3) is 0.417. The third-order valence-corrected chi connectivity index (χ3v) is 8.76. The molecule has 176 valence electrons. The van der Waals surface area contributed by atoms with Crippen LogP contribution in [0.15, 0.2) is 52.4 Å². The number of amides is 1. The standard InChI is InChI=1S/C24H29N3O4S2/c1-4-27-21-13-10-19(31-5-2)15-22(21)32-24(27)25-23(28)18-8-11-20(12-9-18)33(29,30)26-14-6-7-17(3)16-26/h8-13,15,17H,4-7,14,16H2,1-3H3/t17-/m0/s1. The summed E-state index contributed by atoms with van der Waals surface area (Å²) >= 11 is 1.43. The maximum atomic E-state index is 13.0. The Hall–Kier alpha value is -2.49. The Morgan fingerprint density at radius 3 is 2.61 bits per heavy atom. The van der Waals surface area contributed by atoms with Crippen LogP contribution < -0.4 is 9.54 Å². The Morgan fingerprint density at radius 1 is 1.18 bits per heavy atom. The first-order chi connectivity index (χ1) is 15.8. The molecule has 1 aromatic heterocycles. The van der Waals surface area contributed by atoms with Gasteiger partial charge in [0, 0.05) is 25.2 Å². The minimum Gasteiger partial charge on any atom is -0.494 e. The number of aryl methyl sites for hydroxylation is 1. The van der Waals surface area contributed by atoms with E-state index in [1.807, 2.05) is 36.6 Å². The van der Waals surface area contributed by atoms with Gasteiger partial charge in [-0.05, 0) is 75.1 Å². The highest BCUT2D eigenvalue weighted by Crippen LogP contribution is 2.25. The molecule has 1 atom stereocenters. The zero-order valence-electron chi connectivity index (χ0n) is 19.2.